The zero-order valence-electron chi connectivity index (χ0n) is 11.6. The fourth-order valence-electron chi connectivity index (χ4n) is 3.44. The SMILES string of the molecule is Nc1c(C(=O)O)cccc1N1CCCN2CCCC2C1. The van der Waals surface area contributed by atoms with Crippen molar-refractivity contribution in [1.82, 2.24) is 4.90 Å². The summed E-state index contributed by atoms with van der Waals surface area (Å²) in [5, 5.41) is 9.19. The first kappa shape index (κ1) is 13.2. The van der Waals surface area contributed by atoms with Gasteiger partial charge in [-0.2, -0.15) is 0 Å². The zero-order valence-corrected chi connectivity index (χ0v) is 11.6. The van der Waals surface area contributed by atoms with Crippen molar-refractivity contribution in [1.29, 1.82) is 0 Å². The van der Waals surface area contributed by atoms with Crippen molar-refractivity contribution in [3.8, 4) is 0 Å². The van der Waals surface area contributed by atoms with E-state index in [0.29, 0.717) is 11.7 Å². The van der Waals surface area contributed by atoms with Gasteiger partial charge < -0.3 is 15.7 Å². The van der Waals surface area contributed by atoms with E-state index in [1.807, 2.05) is 6.07 Å². The Balaban J connectivity index is 1.88. The predicted octanol–water partition coefficient (Wildman–Crippen LogP) is 1.64. The summed E-state index contributed by atoms with van der Waals surface area (Å²) in [6.45, 7) is 4.23. The van der Waals surface area contributed by atoms with E-state index in [0.717, 1.165) is 31.7 Å². The third-order valence-electron chi connectivity index (χ3n) is 4.46. The van der Waals surface area contributed by atoms with Gasteiger partial charge in [0.1, 0.15) is 0 Å². The summed E-state index contributed by atoms with van der Waals surface area (Å²) >= 11 is 0. The number of nitrogens with zero attached hydrogens (tertiary/aromatic N) is 2. The van der Waals surface area contributed by atoms with E-state index in [4.69, 9.17) is 5.73 Å². The molecule has 0 spiro atoms. The van der Waals surface area contributed by atoms with E-state index in [-0.39, 0.29) is 5.56 Å². The van der Waals surface area contributed by atoms with Crippen LogP contribution >= 0.6 is 0 Å². The van der Waals surface area contributed by atoms with E-state index >= 15 is 0 Å². The van der Waals surface area contributed by atoms with Gasteiger partial charge in [-0.05, 0) is 37.9 Å². The Morgan fingerprint density at radius 1 is 1.25 bits per heavy atom. The topological polar surface area (TPSA) is 69.8 Å². The number of aromatic carboxylic acids is 1. The molecule has 0 aromatic heterocycles. The van der Waals surface area contributed by atoms with E-state index in [1.165, 1.54) is 19.4 Å². The van der Waals surface area contributed by atoms with Crippen molar-refractivity contribution in [2.24, 2.45) is 0 Å². The molecule has 0 aliphatic carbocycles. The van der Waals surface area contributed by atoms with E-state index in [9.17, 15) is 9.90 Å². The Hall–Kier alpha value is -1.75. The molecule has 2 fully saturated rings. The van der Waals surface area contributed by atoms with Crippen molar-refractivity contribution < 1.29 is 9.90 Å². The maximum Gasteiger partial charge on any atom is 0.337 e. The maximum atomic E-state index is 11.2. The third-order valence-corrected chi connectivity index (χ3v) is 4.46. The van der Waals surface area contributed by atoms with E-state index in [2.05, 4.69) is 9.80 Å². The average Bonchev–Trinajstić information content (AvgIpc) is 2.76. The molecule has 0 bridgehead atoms. The second kappa shape index (κ2) is 5.32. The number of nitrogens with two attached hydrogens (primary N) is 1. The summed E-state index contributed by atoms with van der Waals surface area (Å²) < 4.78 is 0. The number of carbonyl (C=O) groups is 1. The van der Waals surface area contributed by atoms with Crippen LogP contribution in [-0.2, 0) is 0 Å². The van der Waals surface area contributed by atoms with Gasteiger partial charge in [0, 0.05) is 25.7 Å². The van der Waals surface area contributed by atoms with Crippen molar-refractivity contribution in [2.75, 3.05) is 36.8 Å². The smallest absolute Gasteiger partial charge is 0.337 e. The lowest BCUT2D eigenvalue weighted by Crippen LogP contribution is -2.37. The Kier molecular flexibility index (Phi) is 3.53. The molecule has 0 saturated carbocycles. The molecule has 2 aliphatic heterocycles. The Morgan fingerprint density at radius 2 is 2.05 bits per heavy atom. The van der Waals surface area contributed by atoms with Gasteiger partial charge in [0.2, 0.25) is 0 Å². The second-order valence-corrected chi connectivity index (χ2v) is 5.68. The summed E-state index contributed by atoms with van der Waals surface area (Å²) in [6.07, 6.45) is 3.60. The average molecular weight is 275 g/mol. The van der Waals surface area contributed by atoms with Gasteiger partial charge in [0.25, 0.3) is 0 Å². The molecule has 2 saturated heterocycles. The Bertz CT molecular complexity index is 518. The van der Waals surface area contributed by atoms with Gasteiger partial charge in [0.15, 0.2) is 0 Å². The largest absolute Gasteiger partial charge is 0.478 e. The van der Waals surface area contributed by atoms with Crippen LogP contribution in [0.25, 0.3) is 0 Å². The molecular formula is C15H21N3O2. The van der Waals surface area contributed by atoms with Crippen LogP contribution in [0.15, 0.2) is 18.2 Å². The zero-order chi connectivity index (χ0) is 14.1. The number of carboxylic acid groups (broad SMARTS) is 1. The van der Waals surface area contributed by atoms with Crippen LogP contribution in [0.5, 0.6) is 0 Å². The number of hydrogen-bond donors (Lipinski definition) is 2. The minimum Gasteiger partial charge on any atom is -0.478 e. The number of fused-ring (bicyclic) bond motifs is 1. The summed E-state index contributed by atoms with van der Waals surface area (Å²) in [5.41, 5.74) is 7.54. The van der Waals surface area contributed by atoms with E-state index < -0.39 is 5.97 Å². The summed E-state index contributed by atoms with van der Waals surface area (Å²) in [4.78, 5) is 16.0. The van der Waals surface area contributed by atoms with Gasteiger partial charge in [0.05, 0.1) is 16.9 Å². The molecule has 1 aromatic carbocycles. The number of hydrogen-bond acceptors (Lipinski definition) is 4. The van der Waals surface area contributed by atoms with Crippen molar-refractivity contribution in [3.05, 3.63) is 23.8 Å². The molecule has 3 rings (SSSR count). The summed E-state index contributed by atoms with van der Waals surface area (Å²) in [5.74, 6) is -0.957. The third kappa shape index (κ3) is 2.33. The number of anilines is 2. The number of rotatable bonds is 2. The highest BCUT2D eigenvalue weighted by molar-refractivity contribution is 5.97. The molecular weight excluding hydrogens is 254 g/mol. The molecule has 5 heteroatoms. The summed E-state index contributed by atoms with van der Waals surface area (Å²) in [7, 11) is 0. The van der Waals surface area contributed by atoms with Crippen LogP contribution in [0.3, 0.4) is 0 Å². The lowest BCUT2D eigenvalue weighted by molar-refractivity contribution is 0.0698. The number of benzene rings is 1. The monoisotopic (exact) mass is 275 g/mol. The normalized spacial score (nSPS) is 23.4. The molecule has 3 N–H and O–H groups in total. The second-order valence-electron chi connectivity index (χ2n) is 5.68. The number of carboxylic acids is 1. The van der Waals surface area contributed by atoms with Crippen LogP contribution in [0, 0.1) is 0 Å². The predicted molar refractivity (Wildman–Crippen MR) is 79.2 cm³/mol. The van der Waals surface area contributed by atoms with Crippen LogP contribution in [-0.4, -0.2) is 48.2 Å². The first-order chi connectivity index (χ1) is 9.66. The molecule has 2 aliphatic rings. The molecule has 108 valence electrons. The fraction of sp³-hybridized carbons (Fsp3) is 0.533. The quantitative estimate of drug-likeness (QED) is 0.803. The highest BCUT2D eigenvalue weighted by Gasteiger charge is 2.29. The Morgan fingerprint density at radius 3 is 2.85 bits per heavy atom. The standard InChI is InChI=1S/C15H21N3O2/c16-14-12(15(19)20)5-1-6-13(14)18-9-3-8-17-7-2-4-11(17)10-18/h1,5-6,11H,2-4,7-10,16H2,(H,19,20). The minimum absolute atomic E-state index is 0.204. The first-order valence-corrected chi connectivity index (χ1v) is 7.27. The van der Waals surface area contributed by atoms with Crippen molar-refractivity contribution in [2.45, 2.75) is 25.3 Å². The van der Waals surface area contributed by atoms with Crippen molar-refractivity contribution >= 4 is 17.3 Å². The molecule has 5 nitrogen and oxygen atoms in total. The van der Waals surface area contributed by atoms with Gasteiger partial charge in [-0.15, -0.1) is 0 Å². The molecule has 0 radical (unpaired) electrons. The highest BCUT2D eigenvalue weighted by Crippen LogP contribution is 2.30. The molecule has 0 amide bonds. The van der Waals surface area contributed by atoms with Gasteiger partial charge in [-0.1, -0.05) is 6.07 Å². The van der Waals surface area contributed by atoms with Gasteiger partial charge in [-0.25, -0.2) is 4.79 Å². The first-order valence-electron chi connectivity index (χ1n) is 7.27. The van der Waals surface area contributed by atoms with Gasteiger partial charge >= 0.3 is 5.97 Å². The highest BCUT2D eigenvalue weighted by atomic mass is 16.4. The maximum absolute atomic E-state index is 11.2. The number of nitrogen functional groups attached to an aromatic ring is 1. The molecule has 2 heterocycles. The Labute approximate surface area is 119 Å². The fourth-order valence-corrected chi connectivity index (χ4v) is 3.44. The molecule has 1 unspecified atom stereocenters. The van der Waals surface area contributed by atoms with Crippen LogP contribution < -0.4 is 10.6 Å². The van der Waals surface area contributed by atoms with Crippen molar-refractivity contribution in [3.63, 3.8) is 0 Å². The molecule has 20 heavy (non-hydrogen) atoms. The summed E-state index contributed by atoms with van der Waals surface area (Å²) in [6, 6.07) is 5.88. The van der Waals surface area contributed by atoms with E-state index in [1.54, 1.807) is 12.1 Å². The number of para-hydroxylation sites is 1. The lowest BCUT2D eigenvalue weighted by atomic mass is 10.1. The lowest BCUT2D eigenvalue weighted by Gasteiger charge is -2.28. The van der Waals surface area contributed by atoms with Gasteiger partial charge in [-0.3, -0.25) is 4.90 Å². The van der Waals surface area contributed by atoms with Crippen LogP contribution in [0.1, 0.15) is 29.6 Å². The minimum atomic E-state index is -0.957. The molecule has 1 aromatic rings. The van der Waals surface area contributed by atoms with Crippen LogP contribution in [0.4, 0.5) is 11.4 Å². The van der Waals surface area contributed by atoms with Crippen LogP contribution in [0.2, 0.25) is 0 Å². The molecule has 1 atom stereocenters.